The van der Waals surface area contributed by atoms with Crippen LogP contribution in [0.5, 0.6) is 0 Å². The first-order valence-corrected chi connectivity index (χ1v) is 10.9. The second-order valence-electron chi connectivity index (χ2n) is 7.56. The largest absolute Gasteiger partial charge is 0.349 e. The fourth-order valence-corrected chi connectivity index (χ4v) is 4.66. The summed E-state index contributed by atoms with van der Waals surface area (Å²) in [6.45, 7) is -0.188. The van der Waals surface area contributed by atoms with Crippen LogP contribution in [0.1, 0.15) is 17.9 Å². The number of nitrogens with one attached hydrogen (secondary N) is 1. The monoisotopic (exact) mass is 445 g/mol. The van der Waals surface area contributed by atoms with Gasteiger partial charge in [0.25, 0.3) is 0 Å². The van der Waals surface area contributed by atoms with Crippen LogP contribution < -0.4 is 4.57 Å². The Kier molecular flexibility index (Phi) is 6.11. The summed E-state index contributed by atoms with van der Waals surface area (Å²) >= 11 is 7.40. The third-order valence-corrected chi connectivity index (χ3v) is 6.55. The lowest BCUT2D eigenvalue weighted by Gasteiger charge is -2.09. The Labute approximate surface area is 184 Å². The van der Waals surface area contributed by atoms with Crippen molar-refractivity contribution in [3.63, 3.8) is 0 Å². The van der Waals surface area contributed by atoms with Crippen molar-refractivity contribution in [3.05, 3.63) is 59.5 Å². The second-order valence-corrected chi connectivity index (χ2v) is 9.00. The predicted octanol–water partition coefficient (Wildman–Crippen LogP) is 4.33. The van der Waals surface area contributed by atoms with Gasteiger partial charge in [-0.3, -0.25) is 4.79 Å². The van der Waals surface area contributed by atoms with Gasteiger partial charge in [-0.15, -0.1) is 0 Å². The first-order valence-electron chi connectivity index (χ1n) is 9.75. The zero-order chi connectivity index (χ0) is 21.3. The number of H-pyrrole nitrogens is 1. The SMILES string of the molecule is CN(C)C(=O)[C@H]1C[C@@H]1c1ccc(-c2[nH]c[n+](CCF)c2Sc2ccc(Cl)cn2)cc1. The van der Waals surface area contributed by atoms with E-state index in [0.717, 1.165) is 27.7 Å². The zero-order valence-electron chi connectivity index (χ0n) is 16.8. The number of nitrogens with zero attached hydrogens (tertiary/aromatic N) is 3. The number of carbonyl (C=O) groups is 1. The first-order chi connectivity index (χ1) is 14.5. The summed E-state index contributed by atoms with van der Waals surface area (Å²) in [6.07, 6.45) is 4.29. The van der Waals surface area contributed by atoms with Gasteiger partial charge >= 0.3 is 0 Å². The molecule has 0 bridgehead atoms. The summed E-state index contributed by atoms with van der Waals surface area (Å²) in [4.78, 5) is 21.4. The number of halogens is 2. The van der Waals surface area contributed by atoms with Crippen LogP contribution in [-0.2, 0) is 11.3 Å². The van der Waals surface area contributed by atoms with Gasteiger partial charge in [0.2, 0.25) is 17.3 Å². The van der Waals surface area contributed by atoms with Crippen LogP contribution in [0.4, 0.5) is 4.39 Å². The summed E-state index contributed by atoms with van der Waals surface area (Å²) in [5.74, 6) is 0.571. The van der Waals surface area contributed by atoms with Crippen molar-refractivity contribution in [2.45, 2.75) is 28.9 Å². The van der Waals surface area contributed by atoms with Gasteiger partial charge < -0.3 is 4.90 Å². The van der Waals surface area contributed by atoms with Crippen molar-refractivity contribution >= 4 is 29.3 Å². The molecule has 4 rings (SSSR count). The Bertz CT molecular complexity index is 1040. The number of amides is 1. The molecule has 0 saturated heterocycles. The maximum absolute atomic E-state index is 13.1. The van der Waals surface area contributed by atoms with Crippen molar-refractivity contribution in [1.82, 2.24) is 14.9 Å². The van der Waals surface area contributed by atoms with Crippen molar-refractivity contribution in [2.75, 3.05) is 20.8 Å². The molecule has 0 aliphatic heterocycles. The highest BCUT2D eigenvalue weighted by Gasteiger charge is 2.44. The van der Waals surface area contributed by atoms with Gasteiger partial charge in [-0.1, -0.05) is 35.9 Å². The molecule has 5 nitrogen and oxygen atoms in total. The molecule has 2 atom stereocenters. The predicted molar refractivity (Wildman–Crippen MR) is 115 cm³/mol. The molecule has 1 aliphatic carbocycles. The molecule has 156 valence electrons. The minimum atomic E-state index is -0.453. The van der Waals surface area contributed by atoms with Crippen LogP contribution in [0.25, 0.3) is 11.3 Å². The second kappa shape index (κ2) is 8.78. The van der Waals surface area contributed by atoms with Gasteiger partial charge in [0.05, 0.1) is 5.02 Å². The summed E-state index contributed by atoms with van der Waals surface area (Å²) in [7, 11) is 3.60. The van der Waals surface area contributed by atoms with Crippen molar-refractivity contribution in [2.24, 2.45) is 5.92 Å². The van der Waals surface area contributed by atoms with E-state index in [1.807, 2.05) is 10.6 Å². The normalized spacial score (nSPS) is 17.7. The van der Waals surface area contributed by atoms with Gasteiger partial charge in [-0.2, -0.15) is 0 Å². The molecule has 0 radical (unpaired) electrons. The smallest absolute Gasteiger partial charge is 0.243 e. The number of alkyl halides is 1. The Morgan fingerprint density at radius 2 is 2.07 bits per heavy atom. The lowest BCUT2D eigenvalue weighted by Crippen LogP contribution is -2.34. The Morgan fingerprint density at radius 1 is 1.30 bits per heavy atom. The maximum Gasteiger partial charge on any atom is 0.243 e. The Balaban J connectivity index is 1.58. The molecule has 1 saturated carbocycles. The average Bonchev–Trinajstić information content (AvgIpc) is 3.45. The van der Waals surface area contributed by atoms with E-state index in [0.29, 0.717) is 10.9 Å². The van der Waals surface area contributed by atoms with Gasteiger partial charge in [0.1, 0.15) is 18.2 Å². The molecular formula is C22H23ClFN4OS+. The highest BCUT2D eigenvalue weighted by atomic mass is 35.5. The molecule has 1 fully saturated rings. The van der Waals surface area contributed by atoms with Crippen LogP contribution in [0.2, 0.25) is 5.02 Å². The molecule has 30 heavy (non-hydrogen) atoms. The maximum atomic E-state index is 13.1. The van der Waals surface area contributed by atoms with E-state index in [1.165, 1.54) is 17.3 Å². The van der Waals surface area contributed by atoms with Gasteiger partial charge in [-0.25, -0.2) is 18.9 Å². The summed E-state index contributed by atoms with van der Waals surface area (Å²) in [5, 5.41) is 2.25. The van der Waals surface area contributed by atoms with E-state index in [2.05, 4.69) is 34.2 Å². The molecular weight excluding hydrogens is 423 g/mol. The topological polar surface area (TPSA) is 52.9 Å². The van der Waals surface area contributed by atoms with Gasteiger partial charge in [0.15, 0.2) is 5.69 Å². The number of hydrogen-bond acceptors (Lipinski definition) is 3. The minimum absolute atomic E-state index is 0.0881. The molecule has 3 aromatic rings. The lowest BCUT2D eigenvalue weighted by molar-refractivity contribution is -0.729. The molecule has 1 aromatic carbocycles. The zero-order valence-corrected chi connectivity index (χ0v) is 18.4. The lowest BCUT2D eigenvalue weighted by atomic mass is 10.0. The molecule has 2 aromatic heterocycles. The number of pyridine rings is 1. The number of aromatic nitrogens is 3. The number of aromatic amines is 1. The summed E-state index contributed by atoms with van der Waals surface area (Å²) in [5.41, 5.74) is 3.09. The van der Waals surface area contributed by atoms with Crippen molar-refractivity contribution in [1.29, 1.82) is 0 Å². The number of carbonyl (C=O) groups excluding carboxylic acids is 1. The molecule has 2 heterocycles. The van der Waals surface area contributed by atoms with E-state index >= 15 is 0 Å². The highest BCUT2D eigenvalue weighted by Crippen LogP contribution is 2.48. The molecule has 1 amide bonds. The molecule has 1 N–H and O–H groups in total. The van der Waals surface area contributed by atoms with Crippen LogP contribution in [0, 0.1) is 5.92 Å². The molecule has 0 unspecified atom stereocenters. The Morgan fingerprint density at radius 3 is 2.70 bits per heavy atom. The summed E-state index contributed by atoms with van der Waals surface area (Å²) < 4.78 is 14.9. The fourth-order valence-electron chi connectivity index (χ4n) is 3.57. The van der Waals surface area contributed by atoms with Gasteiger partial charge in [0, 0.05) is 31.8 Å². The van der Waals surface area contributed by atoms with Crippen LogP contribution in [0.15, 0.2) is 59.0 Å². The van der Waals surface area contributed by atoms with E-state index in [9.17, 15) is 9.18 Å². The van der Waals surface area contributed by atoms with Crippen molar-refractivity contribution in [3.8, 4) is 11.3 Å². The third-order valence-electron chi connectivity index (χ3n) is 5.24. The van der Waals surface area contributed by atoms with Crippen molar-refractivity contribution < 1.29 is 13.8 Å². The fraction of sp³-hybridized carbons (Fsp3) is 0.318. The quantitative estimate of drug-likeness (QED) is 0.551. The number of rotatable bonds is 7. The number of benzene rings is 1. The standard InChI is InChI=1S/C22H22ClFN4OS/c1-27(2)21(29)18-11-17(18)14-3-5-15(6-4-14)20-22(28(10-9-24)13-26-20)30-19-8-7-16(23)12-25-19/h3-8,12-13,17-18H,9-11H2,1-2H3/p+1/t17-,18+/m1/s1. The van der Waals surface area contributed by atoms with Gasteiger partial charge in [-0.05, 0) is 41.8 Å². The molecule has 8 heteroatoms. The van der Waals surface area contributed by atoms with Crippen LogP contribution in [0.3, 0.4) is 0 Å². The molecule has 0 spiro atoms. The first kappa shape index (κ1) is 20.9. The number of imidazole rings is 1. The molecule has 1 aliphatic rings. The number of aryl methyl sites for hydroxylation is 1. The number of hydrogen-bond donors (Lipinski definition) is 1. The van der Waals surface area contributed by atoms with E-state index in [4.69, 9.17) is 11.6 Å². The summed E-state index contributed by atoms with van der Waals surface area (Å²) in [6, 6.07) is 11.9. The van der Waals surface area contributed by atoms with Crippen LogP contribution >= 0.6 is 23.4 Å². The van der Waals surface area contributed by atoms with Crippen LogP contribution in [-0.4, -0.2) is 41.5 Å². The van der Waals surface area contributed by atoms with E-state index in [1.54, 1.807) is 37.6 Å². The van der Waals surface area contributed by atoms with E-state index < -0.39 is 6.67 Å². The Hall–Kier alpha value is -2.38. The average molecular weight is 446 g/mol. The third kappa shape index (κ3) is 4.37. The van der Waals surface area contributed by atoms with E-state index in [-0.39, 0.29) is 18.4 Å². The minimum Gasteiger partial charge on any atom is -0.349 e. The highest BCUT2D eigenvalue weighted by molar-refractivity contribution is 7.99.